The van der Waals surface area contributed by atoms with E-state index in [-0.39, 0.29) is 35.5 Å². The molecule has 8 nitrogen and oxygen atoms in total. The first-order chi connectivity index (χ1) is 24.0. The molecule has 1 fully saturated rings. The van der Waals surface area contributed by atoms with E-state index in [1.165, 1.54) is 17.0 Å². The van der Waals surface area contributed by atoms with Crippen LogP contribution in [0, 0.1) is 6.92 Å². The zero-order valence-corrected chi connectivity index (χ0v) is 30.7. The van der Waals surface area contributed by atoms with E-state index in [4.69, 9.17) is 27.9 Å². The van der Waals surface area contributed by atoms with E-state index >= 15 is 0 Å². The molecular formula is C39H43Cl2N3O5S. The molecule has 1 atom stereocenters. The molecule has 0 radical (unpaired) electrons. The number of hydrogen-bond donors (Lipinski definition) is 1. The van der Waals surface area contributed by atoms with Crippen molar-refractivity contribution in [2.45, 2.75) is 75.9 Å². The summed E-state index contributed by atoms with van der Waals surface area (Å²) in [4.78, 5) is 30.6. The Morgan fingerprint density at radius 1 is 0.860 bits per heavy atom. The lowest BCUT2D eigenvalue weighted by Gasteiger charge is -2.35. The predicted octanol–water partition coefficient (Wildman–Crippen LogP) is 7.98. The van der Waals surface area contributed by atoms with Crippen molar-refractivity contribution in [1.82, 2.24) is 10.2 Å². The highest BCUT2D eigenvalue weighted by Gasteiger charge is 2.35. The molecule has 0 aliphatic heterocycles. The van der Waals surface area contributed by atoms with Gasteiger partial charge in [-0.25, -0.2) is 8.42 Å². The van der Waals surface area contributed by atoms with E-state index in [0.29, 0.717) is 28.0 Å². The van der Waals surface area contributed by atoms with Crippen molar-refractivity contribution in [1.29, 1.82) is 0 Å². The van der Waals surface area contributed by atoms with E-state index in [2.05, 4.69) is 5.32 Å². The Kier molecular flexibility index (Phi) is 12.8. The maximum atomic E-state index is 14.8. The Labute approximate surface area is 305 Å². The highest BCUT2D eigenvalue weighted by atomic mass is 35.5. The van der Waals surface area contributed by atoms with Gasteiger partial charge in [0.25, 0.3) is 10.0 Å². The predicted molar refractivity (Wildman–Crippen MR) is 199 cm³/mol. The molecule has 1 saturated carbocycles. The van der Waals surface area contributed by atoms with Crippen molar-refractivity contribution in [3.05, 3.63) is 124 Å². The number of amides is 2. The third-order valence-electron chi connectivity index (χ3n) is 8.88. The number of rotatable bonds is 14. The molecular weight excluding hydrogens is 693 g/mol. The maximum Gasteiger partial charge on any atom is 0.264 e. The van der Waals surface area contributed by atoms with Crippen molar-refractivity contribution in [2.24, 2.45) is 0 Å². The molecule has 1 aliphatic rings. The summed E-state index contributed by atoms with van der Waals surface area (Å²) < 4.78 is 35.3. The summed E-state index contributed by atoms with van der Waals surface area (Å²) in [5.41, 5.74) is 2.68. The zero-order valence-electron chi connectivity index (χ0n) is 28.4. The van der Waals surface area contributed by atoms with E-state index in [1.807, 2.05) is 44.2 Å². The molecule has 1 aliphatic carbocycles. The van der Waals surface area contributed by atoms with Gasteiger partial charge in [0.1, 0.15) is 18.3 Å². The van der Waals surface area contributed by atoms with Crippen molar-refractivity contribution in [3.8, 4) is 5.75 Å². The van der Waals surface area contributed by atoms with E-state index in [0.717, 1.165) is 47.5 Å². The molecule has 4 aromatic carbocycles. The molecule has 0 saturated heterocycles. The Bertz CT molecular complexity index is 1850. The number of aryl methyl sites for hydroxylation is 1. The monoisotopic (exact) mass is 735 g/mol. The summed E-state index contributed by atoms with van der Waals surface area (Å²) in [5.74, 6) is -0.276. The molecule has 1 N–H and O–H groups in total. The van der Waals surface area contributed by atoms with Crippen LogP contribution >= 0.6 is 23.2 Å². The smallest absolute Gasteiger partial charge is 0.264 e. The molecule has 50 heavy (non-hydrogen) atoms. The lowest BCUT2D eigenvalue weighted by molar-refractivity contribution is -0.140. The maximum absolute atomic E-state index is 14.8. The first-order valence-corrected chi connectivity index (χ1v) is 19.1. The number of carbonyl (C=O) groups excluding carboxylic acids is 2. The van der Waals surface area contributed by atoms with E-state index < -0.39 is 28.5 Å². The Morgan fingerprint density at radius 3 is 2.18 bits per heavy atom. The van der Waals surface area contributed by atoms with Crippen LogP contribution in [0.2, 0.25) is 10.0 Å². The molecule has 2 amide bonds. The standard InChI is InChI=1S/C39H43Cl2N3O5S/c1-3-49-33-19-17-32(18-20-33)44(50(47,48)34-21-14-28(2)15-22-34)27-38(45)43(26-30-16-23-35(40)36(41)24-30)37(25-29-10-6-4-7-11-29)39(46)42-31-12-8-5-9-13-31/h4,6-7,10-11,14-24,31,37H,3,5,8-9,12-13,25-27H2,1-2H3,(H,42,46). The van der Waals surface area contributed by atoms with Crippen LogP contribution in [0.3, 0.4) is 0 Å². The number of halogens is 2. The lowest BCUT2D eigenvalue weighted by Crippen LogP contribution is -2.55. The summed E-state index contributed by atoms with van der Waals surface area (Å²) in [5, 5.41) is 3.88. The van der Waals surface area contributed by atoms with Crippen LogP contribution in [0.25, 0.3) is 0 Å². The normalized spacial score (nSPS) is 14.1. The third-order valence-corrected chi connectivity index (χ3v) is 11.4. The van der Waals surface area contributed by atoms with Crippen molar-refractivity contribution in [2.75, 3.05) is 17.5 Å². The van der Waals surface area contributed by atoms with Gasteiger partial charge in [-0.2, -0.15) is 0 Å². The summed E-state index contributed by atoms with van der Waals surface area (Å²) in [6, 6.07) is 26.7. The summed E-state index contributed by atoms with van der Waals surface area (Å²) >= 11 is 12.6. The first-order valence-electron chi connectivity index (χ1n) is 16.9. The number of anilines is 1. The van der Waals surface area contributed by atoms with Gasteiger partial charge in [-0.1, -0.05) is 96.6 Å². The van der Waals surface area contributed by atoms with E-state index in [9.17, 15) is 18.0 Å². The Morgan fingerprint density at radius 2 is 1.54 bits per heavy atom. The second kappa shape index (κ2) is 17.2. The fourth-order valence-electron chi connectivity index (χ4n) is 6.17. The molecule has 0 bridgehead atoms. The number of sulfonamides is 1. The van der Waals surface area contributed by atoms with Crippen molar-refractivity contribution in [3.63, 3.8) is 0 Å². The zero-order chi connectivity index (χ0) is 35.7. The molecule has 5 rings (SSSR count). The van der Waals surface area contributed by atoms with E-state index in [1.54, 1.807) is 54.6 Å². The molecule has 264 valence electrons. The van der Waals surface area contributed by atoms with Gasteiger partial charge in [0.05, 0.1) is 27.2 Å². The van der Waals surface area contributed by atoms with Crippen LogP contribution in [-0.2, 0) is 32.6 Å². The molecule has 0 aromatic heterocycles. The topological polar surface area (TPSA) is 96.0 Å². The second-order valence-corrected chi connectivity index (χ2v) is 15.2. The highest BCUT2D eigenvalue weighted by Crippen LogP contribution is 2.29. The molecule has 0 spiro atoms. The van der Waals surface area contributed by atoms with Gasteiger partial charge >= 0.3 is 0 Å². The van der Waals surface area contributed by atoms with Gasteiger partial charge in [-0.05, 0) is 86.3 Å². The largest absolute Gasteiger partial charge is 0.494 e. The van der Waals surface area contributed by atoms with Crippen molar-refractivity contribution < 1.29 is 22.7 Å². The average molecular weight is 737 g/mol. The van der Waals surface area contributed by atoms with Gasteiger partial charge in [0.2, 0.25) is 11.8 Å². The van der Waals surface area contributed by atoms with Crippen LogP contribution in [0.1, 0.15) is 55.7 Å². The number of carbonyl (C=O) groups is 2. The lowest BCUT2D eigenvalue weighted by atomic mass is 9.94. The second-order valence-electron chi connectivity index (χ2n) is 12.6. The summed E-state index contributed by atoms with van der Waals surface area (Å²) in [6.45, 7) is 3.61. The van der Waals surface area contributed by atoms with Gasteiger partial charge in [0, 0.05) is 19.0 Å². The number of hydrogen-bond acceptors (Lipinski definition) is 5. The highest BCUT2D eigenvalue weighted by molar-refractivity contribution is 7.92. The minimum atomic E-state index is -4.23. The van der Waals surface area contributed by atoms with Crippen LogP contribution in [0.5, 0.6) is 5.75 Å². The van der Waals surface area contributed by atoms with Crippen LogP contribution in [0.15, 0.2) is 102 Å². The van der Waals surface area contributed by atoms with Gasteiger partial charge in [-0.3, -0.25) is 13.9 Å². The van der Waals surface area contributed by atoms with Gasteiger partial charge in [-0.15, -0.1) is 0 Å². The fourth-order valence-corrected chi connectivity index (χ4v) is 7.91. The molecule has 1 unspecified atom stereocenters. The fraction of sp³-hybridized carbons (Fsp3) is 0.333. The number of nitrogens with one attached hydrogen (secondary N) is 1. The molecule has 4 aromatic rings. The Hall–Kier alpha value is -4.05. The van der Waals surface area contributed by atoms with Crippen LogP contribution in [-0.4, -0.2) is 50.4 Å². The number of ether oxygens (including phenoxy) is 1. The van der Waals surface area contributed by atoms with Gasteiger partial charge in [0.15, 0.2) is 0 Å². The summed E-state index contributed by atoms with van der Waals surface area (Å²) in [6.07, 6.45) is 5.12. The van der Waals surface area contributed by atoms with Crippen molar-refractivity contribution >= 4 is 50.7 Å². The van der Waals surface area contributed by atoms with Crippen LogP contribution in [0.4, 0.5) is 5.69 Å². The Balaban J connectivity index is 1.57. The third kappa shape index (κ3) is 9.59. The summed E-state index contributed by atoms with van der Waals surface area (Å²) in [7, 11) is -4.23. The molecule has 11 heteroatoms. The SMILES string of the molecule is CCOc1ccc(N(CC(=O)N(Cc2ccc(Cl)c(Cl)c2)C(Cc2ccccc2)C(=O)NC2CCCCC2)S(=O)(=O)c2ccc(C)cc2)cc1. The van der Waals surface area contributed by atoms with Gasteiger partial charge < -0.3 is 15.0 Å². The molecule has 0 heterocycles. The number of nitrogens with zero attached hydrogens (tertiary/aromatic N) is 2. The average Bonchev–Trinajstić information content (AvgIpc) is 3.11. The minimum Gasteiger partial charge on any atom is -0.494 e. The first kappa shape index (κ1) is 37.2. The number of benzene rings is 4. The quantitative estimate of drug-likeness (QED) is 0.142. The van der Waals surface area contributed by atoms with Crippen LogP contribution < -0.4 is 14.4 Å². The minimum absolute atomic E-state index is 0.00119.